The molecule has 0 aliphatic carbocycles. The molecule has 7 heteroatoms. The first-order chi connectivity index (χ1) is 12.2. The number of hydrogen-bond acceptors (Lipinski definition) is 6. The van der Waals surface area contributed by atoms with E-state index in [0.29, 0.717) is 23.0 Å². The lowest BCUT2D eigenvalue weighted by Crippen LogP contribution is -1.94. The zero-order valence-electron chi connectivity index (χ0n) is 13.8. The van der Waals surface area contributed by atoms with E-state index in [0.717, 1.165) is 27.4 Å². The minimum atomic E-state index is -0.104. The van der Waals surface area contributed by atoms with E-state index in [1.807, 2.05) is 24.3 Å². The van der Waals surface area contributed by atoms with Gasteiger partial charge < -0.3 is 14.6 Å². The van der Waals surface area contributed by atoms with Crippen molar-refractivity contribution < 1.29 is 14.6 Å². The monoisotopic (exact) mass is 336 g/mol. The van der Waals surface area contributed by atoms with Crippen LogP contribution < -0.4 is 9.47 Å². The van der Waals surface area contributed by atoms with Gasteiger partial charge in [-0.25, -0.2) is 9.97 Å². The van der Waals surface area contributed by atoms with Gasteiger partial charge in [0.2, 0.25) is 0 Å². The number of aromatic amines is 1. The van der Waals surface area contributed by atoms with Crippen molar-refractivity contribution >= 4 is 21.8 Å². The van der Waals surface area contributed by atoms with Gasteiger partial charge in [0.25, 0.3) is 0 Å². The number of fused-ring (bicyclic) bond motifs is 2. The number of rotatable bonds is 4. The molecule has 2 N–H and O–H groups in total. The number of H-pyrrole nitrogens is 1. The highest BCUT2D eigenvalue weighted by molar-refractivity contribution is 5.89. The van der Waals surface area contributed by atoms with E-state index in [2.05, 4.69) is 20.2 Å². The summed E-state index contributed by atoms with van der Waals surface area (Å²) >= 11 is 0. The highest BCUT2D eigenvalue weighted by Gasteiger charge is 2.11. The van der Waals surface area contributed by atoms with E-state index < -0.39 is 0 Å². The molecule has 0 spiro atoms. The summed E-state index contributed by atoms with van der Waals surface area (Å²) in [5, 5.41) is 18.1. The van der Waals surface area contributed by atoms with E-state index in [-0.39, 0.29) is 6.61 Å². The summed E-state index contributed by atoms with van der Waals surface area (Å²) in [6.07, 6.45) is 1.74. The molecule has 2 heterocycles. The Hall–Kier alpha value is -3.19. The summed E-state index contributed by atoms with van der Waals surface area (Å²) in [6, 6.07) is 9.35. The maximum Gasteiger partial charge on any atom is 0.159 e. The largest absolute Gasteiger partial charge is 0.497 e. The molecule has 0 radical (unpaired) electrons. The van der Waals surface area contributed by atoms with Gasteiger partial charge in [-0.1, -0.05) is 0 Å². The van der Waals surface area contributed by atoms with Gasteiger partial charge in [-0.2, -0.15) is 5.10 Å². The molecule has 0 saturated heterocycles. The van der Waals surface area contributed by atoms with Gasteiger partial charge in [-0.05, 0) is 18.2 Å². The molecule has 2 aromatic heterocycles. The first-order valence-corrected chi connectivity index (χ1v) is 7.70. The highest BCUT2D eigenvalue weighted by atomic mass is 16.5. The summed E-state index contributed by atoms with van der Waals surface area (Å²) in [6.45, 7) is -0.104. The Labute approximate surface area is 143 Å². The standard InChI is InChI=1S/C18H16N4O3/c1-24-11-6-15-13(17(7-11)25-2)8-19-18(20-15)10-3-4-14-12(5-10)16(9-23)22-21-14/h3-8,23H,9H2,1-2H3,(H,21,22). The number of nitrogens with zero attached hydrogens (tertiary/aromatic N) is 3. The number of aliphatic hydroxyl groups excluding tert-OH is 1. The molecule has 0 amide bonds. The summed E-state index contributed by atoms with van der Waals surface area (Å²) in [5.74, 6) is 1.91. The van der Waals surface area contributed by atoms with Gasteiger partial charge >= 0.3 is 0 Å². The smallest absolute Gasteiger partial charge is 0.159 e. The SMILES string of the molecule is COc1cc(OC)c2cnc(-c3ccc4n[nH]c(CO)c4c3)nc2c1. The van der Waals surface area contributed by atoms with Crippen molar-refractivity contribution in [1.29, 1.82) is 0 Å². The number of nitrogens with one attached hydrogen (secondary N) is 1. The predicted molar refractivity (Wildman–Crippen MR) is 93.7 cm³/mol. The van der Waals surface area contributed by atoms with E-state index >= 15 is 0 Å². The van der Waals surface area contributed by atoms with E-state index in [1.54, 1.807) is 26.5 Å². The second kappa shape index (κ2) is 6.03. The average molecular weight is 336 g/mol. The Morgan fingerprint density at radius 2 is 1.92 bits per heavy atom. The Morgan fingerprint density at radius 1 is 1.04 bits per heavy atom. The number of benzene rings is 2. The Bertz CT molecular complexity index is 1070. The lowest BCUT2D eigenvalue weighted by atomic mass is 10.1. The molecule has 4 rings (SSSR count). The quantitative estimate of drug-likeness (QED) is 0.595. The Morgan fingerprint density at radius 3 is 2.68 bits per heavy atom. The minimum Gasteiger partial charge on any atom is -0.497 e. The van der Waals surface area contributed by atoms with E-state index in [4.69, 9.17) is 9.47 Å². The van der Waals surface area contributed by atoms with Crippen LogP contribution in [0.5, 0.6) is 11.5 Å². The number of aliphatic hydroxyl groups is 1. The first kappa shape index (κ1) is 15.3. The lowest BCUT2D eigenvalue weighted by molar-refractivity contribution is 0.278. The van der Waals surface area contributed by atoms with Crippen LogP contribution in [0.15, 0.2) is 36.5 Å². The molecule has 2 aromatic carbocycles. The van der Waals surface area contributed by atoms with Gasteiger partial charge in [0.1, 0.15) is 11.5 Å². The summed E-state index contributed by atoms with van der Waals surface area (Å²) < 4.78 is 10.7. The van der Waals surface area contributed by atoms with Crippen molar-refractivity contribution in [3.63, 3.8) is 0 Å². The molecule has 0 aliphatic rings. The molecule has 7 nitrogen and oxygen atoms in total. The van der Waals surface area contributed by atoms with Crippen LogP contribution in [0.4, 0.5) is 0 Å². The number of ether oxygens (including phenoxy) is 2. The predicted octanol–water partition coefficient (Wildman–Crippen LogP) is 2.68. The lowest BCUT2D eigenvalue weighted by Gasteiger charge is -2.09. The van der Waals surface area contributed by atoms with Crippen molar-refractivity contribution in [2.24, 2.45) is 0 Å². The fourth-order valence-corrected chi connectivity index (χ4v) is 2.83. The summed E-state index contributed by atoms with van der Waals surface area (Å²) in [4.78, 5) is 9.11. The van der Waals surface area contributed by atoms with Crippen LogP contribution in [0.3, 0.4) is 0 Å². The molecule has 0 fully saturated rings. The molecule has 0 atom stereocenters. The molecule has 4 aromatic rings. The summed E-state index contributed by atoms with van der Waals surface area (Å²) in [5.41, 5.74) is 3.03. The van der Waals surface area contributed by atoms with Crippen LogP contribution in [-0.4, -0.2) is 39.5 Å². The number of methoxy groups -OCH3 is 2. The van der Waals surface area contributed by atoms with Crippen LogP contribution in [0.25, 0.3) is 33.2 Å². The van der Waals surface area contributed by atoms with E-state index in [9.17, 15) is 5.11 Å². The third kappa shape index (κ3) is 2.54. The Kier molecular flexibility index (Phi) is 3.70. The number of aromatic nitrogens is 4. The molecule has 126 valence electrons. The van der Waals surface area contributed by atoms with Crippen LogP contribution in [-0.2, 0) is 6.61 Å². The highest BCUT2D eigenvalue weighted by Crippen LogP contribution is 2.31. The third-order valence-corrected chi connectivity index (χ3v) is 4.14. The maximum atomic E-state index is 9.41. The zero-order chi connectivity index (χ0) is 17.4. The van der Waals surface area contributed by atoms with Gasteiger partial charge in [0.15, 0.2) is 5.82 Å². The zero-order valence-corrected chi connectivity index (χ0v) is 13.8. The molecule has 0 saturated carbocycles. The fourth-order valence-electron chi connectivity index (χ4n) is 2.83. The van der Waals surface area contributed by atoms with Crippen LogP contribution in [0.2, 0.25) is 0 Å². The molecular formula is C18H16N4O3. The topological polar surface area (TPSA) is 93.2 Å². The van der Waals surface area contributed by atoms with Crippen molar-refractivity contribution in [2.45, 2.75) is 6.61 Å². The molecule has 0 bridgehead atoms. The Balaban J connectivity index is 1.89. The van der Waals surface area contributed by atoms with Crippen LogP contribution in [0, 0.1) is 0 Å². The van der Waals surface area contributed by atoms with Crippen LogP contribution >= 0.6 is 0 Å². The summed E-state index contributed by atoms with van der Waals surface area (Å²) in [7, 11) is 3.21. The minimum absolute atomic E-state index is 0.104. The normalized spacial score (nSPS) is 11.2. The van der Waals surface area contributed by atoms with Crippen molar-refractivity contribution in [2.75, 3.05) is 14.2 Å². The molecule has 25 heavy (non-hydrogen) atoms. The molecule has 0 aliphatic heterocycles. The third-order valence-electron chi connectivity index (χ3n) is 4.14. The number of hydrogen-bond donors (Lipinski definition) is 2. The van der Waals surface area contributed by atoms with Crippen molar-refractivity contribution in [3.8, 4) is 22.9 Å². The van der Waals surface area contributed by atoms with Crippen molar-refractivity contribution in [1.82, 2.24) is 20.2 Å². The van der Waals surface area contributed by atoms with Crippen LogP contribution in [0.1, 0.15) is 5.69 Å². The first-order valence-electron chi connectivity index (χ1n) is 7.70. The maximum absolute atomic E-state index is 9.41. The van der Waals surface area contributed by atoms with Crippen molar-refractivity contribution in [3.05, 3.63) is 42.2 Å². The van der Waals surface area contributed by atoms with Gasteiger partial charge in [0, 0.05) is 29.3 Å². The average Bonchev–Trinajstić information content (AvgIpc) is 3.08. The van der Waals surface area contributed by atoms with Gasteiger partial charge in [-0.15, -0.1) is 0 Å². The molecular weight excluding hydrogens is 320 g/mol. The second-order valence-corrected chi connectivity index (χ2v) is 5.55. The second-order valence-electron chi connectivity index (χ2n) is 5.55. The van der Waals surface area contributed by atoms with E-state index in [1.165, 1.54) is 0 Å². The van der Waals surface area contributed by atoms with Gasteiger partial charge in [-0.3, -0.25) is 5.10 Å². The van der Waals surface area contributed by atoms with Gasteiger partial charge in [0.05, 0.1) is 42.9 Å². The molecule has 0 unspecified atom stereocenters. The fraction of sp³-hybridized carbons (Fsp3) is 0.167.